The number of aromatic nitrogens is 2. The zero-order valence-electron chi connectivity index (χ0n) is 17.1. The number of nitrogens with one attached hydrogen (secondary N) is 2. The van der Waals surface area contributed by atoms with E-state index in [0.29, 0.717) is 27.8 Å². The lowest BCUT2D eigenvalue weighted by atomic mass is 10.1. The van der Waals surface area contributed by atoms with Gasteiger partial charge in [0, 0.05) is 49.7 Å². The van der Waals surface area contributed by atoms with Crippen molar-refractivity contribution in [1.29, 1.82) is 0 Å². The average molecular weight is 424 g/mol. The van der Waals surface area contributed by atoms with Crippen LogP contribution in [0.5, 0.6) is 0 Å². The summed E-state index contributed by atoms with van der Waals surface area (Å²) in [6, 6.07) is 12.9. The van der Waals surface area contributed by atoms with Crippen LogP contribution in [0.1, 0.15) is 17.3 Å². The molecule has 8 heteroatoms. The molecule has 2 aromatic carbocycles. The molecule has 0 atom stereocenters. The Morgan fingerprint density at radius 3 is 2.47 bits per heavy atom. The second-order valence-electron chi connectivity index (χ2n) is 7.53. The molecular weight excluding hydrogens is 398 g/mol. The van der Waals surface area contributed by atoms with Crippen LogP contribution >= 0.6 is 12.2 Å². The van der Waals surface area contributed by atoms with E-state index in [2.05, 4.69) is 27.1 Å². The molecule has 1 fully saturated rings. The van der Waals surface area contributed by atoms with Gasteiger partial charge in [0.2, 0.25) is 0 Å². The fourth-order valence-corrected chi connectivity index (χ4v) is 4.03. The Balaban J connectivity index is 1.51. The molecule has 1 aliphatic heterocycles. The van der Waals surface area contributed by atoms with Gasteiger partial charge in [-0.05, 0) is 68.7 Å². The number of fused-ring (bicyclic) bond motifs is 1. The smallest absolute Gasteiger partial charge is 0.262 e. The number of anilines is 2. The van der Waals surface area contributed by atoms with Gasteiger partial charge >= 0.3 is 0 Å². The molecule has 1 aromatic heterocycles. The first-order valence-electron chi connectivity index (χ1n) is 10.1. The predicted octanol–water partition coefficient (Wildman–Crippen LogP) is 3.08. The van der Waals surface area contributed by atoms with Crippen molar-refractivity contribution in [1.82, 2.24) is 14.5 Å². The van der Waals surface area contributed by atoms with Crippen LogP contribution in [0.4, 0.5) is 11.4 Å². The Morgan fingerprint density at radius 1 is 1.10 bits per heavy atom. The Morgan fingerprint density at radius 2 is 1.80 bits per heavy atom. The quantitative estimate of drug-likeness (QED) is 0.631. The highest BCUT2D eigenvalue weighted by Crippen LogP contribution is 2.20. The molecule has 3 aromatic rings. The summed E-state index contributed by atoms with van der Waals surface area (Å²) in [6.07, 6.45) is 0. The van der Waals surface area contributed by atoms with Crippen molar-refractivity contribution in [2.24, 2.45) is 0 Å². The van der Waals surface area contributed by atoms with Gasteiger partial charge in [0.05, 0.1) is 10.9 Å². The third kappa shape index (κ3) is 4.01. The minimum Gasteiger partial charge on any atom is -0.369 e. The summed E-state index contributed by atoms with van der Waals surface area (Å²) in [4.78, 5) is 32.9. The summed E-state index contributed by atoms with van der Waals surface area (Å²) in [6.45, 7) is 6.46. The first kappa shape index (κ1) is 20.3. The summed E-state index contributed by atoms with van der Waals surface area (Å²) in [5.41, 5.74) is 2.76. The number of nitrogens with zero attached hydrogens (tertiary/aromatic N) is 3. The number of likely N-dealkylation sites (N-methyl/N-ethyl adjacent to an activating group) is 1. The van der Waals surface area contributed by atoms with Gasteiger partial charge in [0.1, 0.15) is 0 Å². The number of hydrogen-bond donors (Lipinski definition) is 2. The molecule has 0 aliphatic carbocycles. The fraction of sp³-hybridized carbons (Fsp3) is 0.318. The highest BCUT2D eigenvalue weighted by Gasteiger charge is 2.15. The van der Waals surface area contributed by atoms with Crippen LogP contribution < -0.4 is 15.8 Å². The van der Waals surface area contributed by atoms with E-state index in [4.69, 9.17) is 12.2 Å². The van der Waals surface area contributed by atoms with E-state index >= 15 is 0 Å². The van der Waals surface area contributed by atoms with E-state index in [-0.39, 0.29) is 11.5 Å². The van der Waals surface area contributed by atoms with Crippen molar-refractivity contribution in [2.75, 3.05) is 43.4 Å². The SMILES string of the molecule is CCn1c(=S)[nH]c2cc(C(=O)Nc3ccc(N4CCN(C)CC4)cc3)ccc2c1=O. The Labute approximate surface area is 179 Å². The summed E-state index contributed by atoms with van der Waals surface area (Å²) in [5.74, 6) is -0.233. The van der Waals surface area contributed by atoms with Crippen LogP contribution in [0.2, 0.25) is 0 Å². The molecule has 0 spiro atoms. The van der Waals surface area contributed by atoms with Crippen molar-refractivity contribution in [3.05, 3.63) is 63.2 Å². The zero-order chi connectivity index (χ0) is 21.3. The van der Waals surface area contributed by atoms with Crippen molar-refractivity contribution < 1.29 is 4.79 Å². The molecule has 2 N–H and O–H groups in total. The molecule has 2 heterocycles. The zero-order valence-corrected chi connectivity index (χ0v) is 18.0. The number of carbonyl (C=O) groups is 1. The lowest BCUT2D eigenvalue weighted by Gasteiger charge is -2.34. The van der Waals surface area contributed by atoms with E-state index in [1.807, 2.05) is 31.2 Å². The van der Waals surface area contributed by atoms with Crippen LogP contribution in [0, 0.1) is 4.77 Å². The molecule has 0 bridgehead atoms. The number of amides is 1. The topological polar surface area (TPSA) is 73.4 Å². The molecule has 7 nitrogen and oxygen atoms in total. The number of carbonyl (C=O) groups excluding carboxylic acids is 1. The lowest BCUT2D eigenvalue weighted by Crippen LogP contribution is -2.44. The number of H-pyrrole nitrogens is 1. The lowest BCUT2D eigenvalue weighted by molar-refractivity contribution is 0.102. The van der Waals surface area contributed by atoms with Crippen LogP contribution in [0.3, 0.4) is 0 Å². The third-order valence-electron chi connectivity index (χ3n) is 5.55. The Bertz CT molecular complexity index is 1190. The van der Waals surface area contributed by atoms with E-state index in [1.165, 1.54) is 4.57 Å². The molecule has 4 rings (SSSR count). The first-order chi connectivity index (χ1) is 14.5. The summed E-state index contributed by atoms with van der Waals surface area (Å²) < 4.78 is 1.85. The monoisotopic (exact) mass is 423 g/mol. The van der Waals surface area contributed by atoms with Gasteiger partial charge < -0.3 is 20.1 Å². The molecule has 156 valence electrons. The number of aromatic amines is 1. The number of rotatable bonds is 4. The van der Waals surface area contributed by atoms with E-state index in [0.717, 1.165) is 37.6 Å². The molecule has 0 saturated carbocycles. The maximum Gasteiger partial charge on any atom is 0.262 e. The van der Waals surface area contributed by atoms with Crippen LogP contribution in [-0.2, 0) is 6.54 Å². The maximum atomic E-state index is 12.7. The largest absolute Gasteiger partial charge is 0.369 e. The Hall–Kier alpha value is -2.97. The fourth-order valence-electron chi connectivity index (χ4n) is 3.71. The maximum absolute atomic E-state index is 12.7. The molecule has 30 heavy (non-hydrogen) atoms. The summed E-state index contributed by atoms with van der Waals surface area (Å²) >= 11 is 5.25. The molecule has 0 radical (unpaired) electrons. The molecule has 1 amide bonds. The second kappa shape index (κ2) is 8.41. The van der Waals surface area contributed by atoms with Crippen molar-refractivity contribution in [3.63, 3.8) is 0 Å². The van der Waals surface area contributed by atoms with Crippen molar-refractivity contribution in [3.8, 4) is 0 Å². The number of piperazine rings is 1. The van der Waals surface area contributed by atoms with Gasteiger partial charge in [-0.15, -0.1) is 0 Å². The van der Waals surface area contributed by atoms with Gasteiger partial charge in [0.25, 0.3) is 11.5 Å². The molecule has 1 aliphatic rings. The third-order valence-corrected chi connectivity index (χ3v) is 5.88. The van der Waals surface area contributed by atoms with Gasteiger partial charge in [0.15, 0.2) is 4.77 Å². The van der Waals surface area contributed by atoms with Crippen LogP contribution in [0.25, 0.3) is 10.9 Å². The molecule has 0 unspecified atom stereocenters. The van der Waals surface area contributed by atoms with E-state index in [9.17, 15) is 9.59 Å². The molecular formula is C22H25N5O2S. The number of benzene rings is 2. The average Bonchev–Trinajstić information content (AvgIpc) is 2.75. The predicted molar refractivity (Wildman–Crippen MR) is 123 cm³/mol. The minimum absolute atomic E-state index is 0.150. The summed E-state index contributed by atoms with van der Waals surface area (Å²) in [5, 5.41) is 3.44. The Kier molecular flexibility index (Phi) is 5.69. The van der Waals surface area contributed by atoms with E-state index in [1.54, 1.807) is 18.2 Å². The van der Waals surface area contributed by atoms with Gasteiger partial charge in [-0.3, -0.25) is 14.2 Å². The van der Waals surface area contributed by atoms with Gasteiger partial charge in [-0.1, -0.05) is 0 Å². The van der Waals surface area contributed by atoms with Gasteiger partial charge in [-0.2, -0.15) is 0 Å². The second-order valence-corrected chi connectivity index (χ2v) is 7.92. The standard InChI is InChI=1S/C22H25N5O2S/c1-3-27-21(29)18-9-4-15(14-19(18)24-22(27)30)20(28)23-16-5-7-17(8-6-16)26-12-10-25(2)11-13-26/h4-9,14H,3,10-13H2,1-2H3,(H,23,28)(H,24,30). The van der Waals surface area contributed by atoms with Crippen LogP contribution in [0.15, 0.2) is 47.3 Å². The number of hydrogen-bond acceptors (Lipinski definition) is 5. The minimum atomic E-state index is -0.233. The first-order valence-corrected chi connectivity index (χ1v) is 10.5. The van der Waals surface area contributed by atoms with Crippen molar-refractivity contribution in [2.45, 2.75) is 13.5 Å². The van der Waals surface area contributed by atoms with E-state index < -0.39 is 0 Å². The highest BCUT2D eigenvalue weighted by molar-refractivity contribution is 7.71. The van der Waals surface area contributed by atoms with Crippen LogP contribution in [-0.4, -0.2) is 53.6 Å². The highest BCUT2D eigenvalue weighted by atomic mass is 32.1. The summed E-state index contributed by atoms with van der Waals surface area (Å²) in [7, 11) is 2.13. The normalized spacial score (nSPS) is 14.8. The van der Waals surface area contributed by atoms with Gasteiger partial charge in [-0.25, -0.2) is 0 Å². The van der Waals surface area contributed by atoms with Crippen molar-refractivity contribution >= 4 is 40.4 Å². The molecule has 1 saturated heterocycles.